The first-order chi connectivity index (χ1) is 12.1. The second-order valence-electron chi connectivity index (χ2n) is 6.14. The molecule has 1 fully saturated rings. The lowest BCUT2D eigenvalue weighted by Crippen LogP contribution is -2.15. The maximum Gasteiger partial charge on any atom is 0.259 e. The summed E-state index contributed by atoms with van der Waals surface area (Å²) in [5.74, 6) is 0.764. The predicted octanol–water partition coefficient (Wildman–Crippen LogP) is 2.20. The summed E-state index contributed by atoms with van der Waals surface area (Å²) in [5.41, 5.74) is 3.64. The molecule has 1 saturated carbocycles. The Morgan fingerprint density at radius 1 is 1.16 bits per heavy atom. The van der Waals surface area contributed by atoms with Gasteiger partial charge in [-0.25, -0.2) is 24.6 Å². The van der Waals surface area contributed by atoms with E-state index in [4.69, 9.17) is 0 Å². The molecule has 8 heteroatoms. The highest BCUT2D eigenvalue weighted by Gasteiger charge is 2.28. The fourth-order valence-electron chi connectivity index (χ4n) is 2.66. The van der Waals surface area contributed by atoms with Crippen LogP contribution in [0.1, 0.15) is 46.2 Å². The molecule has 1 aliphatic carbocycles. The van der Waals surface area contributed by atoms with E-state index in [2.05, 4.69) is 36.4 Å². The molecule has 4 rings (SSSR count). The van der Waals surface area contributed by atoms with E-state index in [1.807, 2.05) is 6.92 Å². The zero-order valence-corrected chi connectivity index (χ0v) is 14.0. The quantitative estimate of drug-likeness (QED) is 0.785. The summed E-state index contributed by atoms with van der Waals surface area (Å²) in [6.07, 6.45) is 8.41. The molecule has 0 saturated heterocycles. The van der Waals surface area contributed by atoms with E-state index in [1.54, 1.807) is 24.0 Å². The van der Waals surface area contributed by atoms with Crippen LogP contribution < -0.4 is 5.32 Å². The minimum atomic E-state index is -0.289. The minimum absolute atomic E-state index is 0.289. The number of nitrogens with zero attached hydrogens (tertiary/aromatic N) is 6. The van der Waals surface area contributed by atoms with Crippen molar-refractivity contribution in [1.29, 1.82) is 0 Å². The lowest BCUT2D eigenvalue weighted by molar-refractivity contribution is 0.102. The zero-order chi connectivity index (χ0) is 17.4. The summed E-state index contributed by atoms with van der Waals surface area (Å²) in [6, 6.07) is 2.08. The van der Waals surface area contributed by atoms with E-state index in [-0.39, 0.29) is 5.91 Å². The Bertz CT molecular complexity index is 928. The summed E-state index contributed by atoms with van der Waals surface area (Å²) in [4.78, 5) is 28.9. The van der Waals surface area contributed by atoms with E-state index in [0.717, 1.165) is 11.4 Å². The number of hydrogen-bond acceptors (Lipinski definition) is 6. The lowest BCUT2D eigenvalue weighted by Gasteiger charge is -2.08. The highest BCUT2D eigenvalue weighted by atomic mass is 16.1. The van der Waals surface area contributed by atoms with Crippen LogP contribution in [-0.2, 0) is 0 Å². The van der Waals surface area contributed by atoms with Crippen LogP contribution in [-0.4, -0.2) is 35.6 Å². The monoisotopic (exact) mass is 335 g/mol. The molecule has 1 amide bonds. The molecule has 3 heterocycles. The summed E-state index contributed by atoms with van der Waals surface area (Å²) >= 11 is 0. The van der Waals surface area contributed by atoms with Crippen LogP contribution in [0.3, 0.4) is 0 Å². The standard InChI is InChI=1S/C17H17N7O/c1-10-5-15(12-3-4-12)24(23-10)17-19-6-13(7-20-17)22-16(25)14-8-18-9-21-11(14)2/h5-9,12H,3-4H2,1-2H3,(H,22,25). The van der Waals surface area contributed by atoms with Gasteiger partial charge in [-0.1, -0.05) is 0 Å². The fraction of sp³-hybridized carbons (Fsp3) is 0.294. The number of carbonyl (C=O) groups excluding carboxylic acids is 1. The van der Waals surface area contributed by atoms with Crippen molar-refractivity contribution in [2.45, 2.75) is 32.6 Å². The Morgan fingerprint density at radius 2 is 1.92 bits per heavy atom. The van der Waals surface area contributed by atoms with E-state index in [1.165, 1.54) is 25.4 Å². The molecule has 0 bridgehead atoms. The molecule has 126 valence electrons. The van der Waals surface area contributed by atoms with Gasteiger partial charge in [-0.2, -0.15) is 5.10 Å². The Hall–Kier alpha value is -3.16. The molecule has 25 heavy (non-hydrogen) atoms. The Balaban J connectivity index is 1.55. The number of aromatic nitrogens is 6. The Labute approximate surface area is 144 Å². The number of nitrogens with one attached hydrogen (secondary N) is 1. The Kier molecular flexibility index (Phi) is 3.72. The average molecular weight is 335 g/mol. The highest BCUT2D eigenvalue weighted by Crippen LogP contribution is 2.40. The van der Waals surface area contributed by atoms with Crippen molar-refractivity contribution >= 4 is 11.6 Å². The van der Waals surface area contributed by atoms with E-state index in [0.29, 0.717) is 28.8 Å². The average Bonchev–Trinajstić information content (AvgIpc) is 3.38. The van der Waals surface area contributed by atoms with Crippen molar-refractivity contribution in [3.05, 3.63) is 53.6 Å². The molecule has 0 atom stereocenters. The summed E-state index contributed by atoms with van der Waals surface area (Å²) in [5, 5.41) is 7.24. The third kappa shape index (κ3) is 3.10. The van der Waals surface area contributed by atoms with Crippen molar-refractivity contribution in [1.82, 2.24) is 29.7 Å². The molecule has 0 aromatic carbocycles. The van der Waals surface area contributed by atoms with E-state index in [9.17, 15) is 4.79 Å². The summed E-state index contributed by atoms with van der Waals surface area (Å²) < 4.78 is 1.79. The van der Waals surface area contributed by atoms with Crippen molar-refractivity contribution in [3.63, 3.8) is 0 Å². The molecule has 1 aliphatic rings. The molecular weight excluding hydrogens is 318 g/mol. The van der Waals surface area contributed by atoms with Gasteiger partial charge in [0.05, 0.1) is 40.7 Å². The third-order valence-corrected chi connectivity index (χ3v) is 4.10. The molecule has 0 unspecified atom stereocenters. The van der Waals surface area contributed by atoms with Gasteiger partial charge in [0.25, 0.3) is 11.9 Å². The second kappa shape index (κ2) is 6.04. The van der Waals surface area contributed by atoms with Gasteiger partial charge in [-0.3, -0.25) is 4.79 Å². The Morgan fingerprint density at radius 3 is 2.60 bits per heavy atom. The minimum Gasteiger partial charge on any atom is -0.319 e. The maximum atomic E-state index is 12.3. The zero-order valence-electron chi connectivity index (χ0n) is 14.0. The van der Waals surface area contributed by atoms with Crippen LogP contribution in [0.5, 0.6) is 0 Å². The van der Waals surface area contributed by atoms with Gasteiger partial charge in [-0.15, -0.1) is 0 Å². The van der Waals surface area contributed by atoms with Gasteiger partial charge in [0.1, 0.15) is 6.33 Å². The first-order valence-electron chi connectivity index (χ1n) is 8.09. The highest BCUT2D eigenvalue weighted by molar-refractivity contribution is 6.04. The van der Waals surface area contributed by atoms with Gasteiger partial charge < -0.3 is 5.32 Å². The second-order valence-corrected chi connectivity index (χ2v) is 6.14. The van der Waals surface area contributed by atoms with Crippen LogP contribution in [0, 0.1) is 13.8 Å². The molecule has 1 N–H and O–H groups in total. The molecule has 3 aromatic rings. The van der Waals surface area contributed by atoms with E-state index < -0.39 is 0 Å². The van der Waals surface area contributed by atoms with Gasteiger partial charge in [0, 0.05) is 12.1 Å². The van der Waals surface area contributed by atoms with Crippen molar-refractivity contribution in [2.75, 3.05) is 5.32 Å². The van der Waals surface area contributed by atoms with Gasteiger partial charge >= 0.3 is 0 Å². The maximum absolute atomic E-state index is 12.3. The first kappa shape index (κ1) is 15.4. The number of rotatable bonds is 4. The van der Waals surface area contributed by atoms with Crippen molar-refractivity contribution in [2.24, 2.45) is 0 Å². The number of anilines is 1. The third-order valence-electron chi connectivity index (χ3n) is 4.10. The SMILES string of the molecule is Cc1cc(C2CC2)n(-c2ncc(NC(=O)c3cncnc3C)cn2)n1. The summed E-state index contributed by atoms with van der Waals surface area (Å²) in [7, 11) is 0. The smallest absolute Gasteiger partial charge is 0.259 e. The molecule has 3 aromatic heterocycles. The summed E-state index contributed by atoms with van der Waals surface area (Å²) in [6.45, 7) is 3.72. The molecular formula is C17H17N7O. The van der Waals surface area contributed by atoms with Crippen LogP contribution in [0.25, 0.3) is 5.95 Å². The lowest BCUT2D eigenvalue weighted by atomic mass is 10.2. The van der Waals surface area contributed by atoms with Crippen molar-refractivity contribution in [3.8, 4) is 5.95 Å². The van der Waals surface area contributed by atoms with Crippen molar-refractivity contribution < 1.29 is 4.79 Å². The van der Waals surface area contributed by atoms with Gasteiger partial charge in [0.15, 0.2) is 0 Å². The van der Waals surface area contributed by atoms with Gasteiger partial charge in [0.2, 0.25) is 0 Å². The van der Waals surface area contributed by atoms with Gasteiger partial charge in [-0.05, 0) is 32.8 Å². The normalized spacial score (nSPS) is 13.7. The first-order valence-corrected chi connectivity index (χ1v) is 8.09. The van der Waals surface area contributed by atoms with Crippen LogP contribution in [0.4, 0.5) is 5.69 Å². The molecule has 0 aliphatic heterocycles. The predicted molar refractivity (Wildman–Crippen MR) is 90.6 cm³/mol. The van der Waals surface area contributed by atoms with Crippen LogP contribution in [0.2, 0.25) is 0 Å². The molecule has 8 nitrogen and oxygen atoms in total. The van der Waals surface area contributed by atoms with E-state index >= 15 is 0 Å². The topological polar surface area (TPSA) is 98.5 Å². The van der Waals surface area contributed by atoms with Crippen LogP contribution >= 0.6 is 0 Å². The number of carbonyl (C=O) groups is 1. The number of hydrogen-bond donors (Lipinski definition) is 1. The molecule has 0 spiro atoms. The molecule has 0 radical (unpaired) electrons. The number of aryl methyl sites for hydroxylation is 2. The number of amides is 1. The van der Waals surface area contributed by atoms with Crippen LogP contribution in [0.15, 0.2) is 31.0 Å². The largest absolute Gasteiger partial charge is 0.319 e. The fourth-order valence-corrected chi connectivity index (χ4v) is 2.66.